The first-order valence-electron chi connectivity index (χ1n) is 7.89. The number of methoxy groups -OCH3 is 4. The smallest absolute Gasteiger partial charge is 0.257 e. The van der Waals surface area contributed by atoms with Gasteiger partial charge < -0.3 is 23.5 Å². The summed E-state index contributed by atoms with van der Waals surface area (Å²) in [6.07, 6.45) is 0.100. The van der Waals surface area contributed by atoms with Crippen molar-refractivity contribution >= 4 is 10.9 Å². The molecule has 0 aliphatic carbocycles. The number of hydrogen-bond acceptors (Lipinski definition) is 5. The number of fused-ring (bicyclic) bond motifs is 1. The van der Waals surface area contributed by atoms with E-state index in [9.17, 15) is 4.79 Å². The Kier molecular flexibility index (Phi) is 5.74. The highest BCUT2D eigenvalue weighted by atomic mass is 16.5. The van der Waals surface area contributed by atoms with Crippen molar-refractivity contribution in [3.63, 3.8) is 0 Å². The number of aryl methyl sites for hydroxylation is 1. The first-order chi connectivity index (χ1) is 11.9. The molecular formula is C19H25NO5. The van der Waals surface area contributed by atoms with Crippen molar-refractivity contribution in [3.05, 3.63) is 40.2 Å². The molecule has 0 fully saturated rings. The van der Waals surface area contributed by atoms with Crippen LogP contribution in [0.2, 0.25) is 0 Å². The molecule has 6 nitrogen and oxygen atoms in total. The molecule has 1 aromatic carbocycles. The zero-order valence-corrected chi connectivity index (χ0v) is 15.6. The first-order valence-corrected chi connectivity index (χ1v) is 7.89. The molecule has 2 aromatic rings. The molecule has 1 aromatic heterocycles. The molecule has 0 radical (unpaired) electrons. The predicted octanol–water partition coefficient (Wildman–Crippen LogP) is 2.70. The largest absolute Gasteiger partial charge is 0.497 e. The zero-order chi connectivity index (χ0) is 18.7. The Labute approximate surface area is 147 Å². The number of benzene rings is 1. The summed E-state index contributed by atoms with van der Waals surface area (Å²) in [5.41, 5.74) is 1.87. The van der Waals surface area contributed by atoms with E-state index in [0.717, 1.165) is 11.0 Å². The van der Waals surface area contributed by atoms with Gasteiger partial charge in [-0.2, -0.15) is 0 Å². The molecule has 0 spiro atoms. The van der Waals surface area contributed by atoms with Crippen molar-refractivity contribution in [2.75, 3.05) is 28.4 Å². The van der Waals surface area contributed by atoms with E-state index < -0.39 is 0 Å². The number of pyridine rings is 1. The lowest BCUT2D eigenvalue weighted by atomic mass is 10.0. The standard InChI is InChI=1S/C19H25NO5/c1-11(2)15(23-5)10-14-18(25-7)13-8-12(22-4)9-16(24-6)17(13)20(3)19(14)21/h8-9,15H,1,10H2,2-7H3/t15-/m0/s1. The quantitative estimate of drug-likeness (QED) is 0.721. The summed E-state index contributed by atoms with van der Waals surface area (Å²) in [7, 11) is 8.00. The van der Waals surface area contributed by atoms with Crippen LogP contribution in [0.3, 0.4) is 0 Å². The van der Waals surface area contributed by atoms with Crippen LogP contribution in [0.4, 0.5) is 0 Å². The Bertz CT molecular complexity index is 853. The number of hydrogen-bond donors (Lipinski definition) is 0. The molecule has 6 heteroatoms. The maximum Gasteiger partial charge on any atom is 0.257 e. The average Bonchev–Trinajstić information content (AvgIpc) is 2.61. The van der Waals surface area contributed by atoms with Gasteiger partial charge in [0.15, 0.2) is 0 Å². The lowest BCUT2D eigenvalue weighted by Gasteiger charge is -2.20. The molecule has 0 N–H and O–H groups in total. The van der Waals surface area contributed by atoms with Crippen molar-refractivity contribution in [1.29, 1.82) is 0 Å². The third kappa shape index (κ3) is 3.35. The van der Waals surface area contributed by atoms with Gasteiger partial charge in [-0.15, -0.1) is 0 Å². The molecule has 0 amide bonds. The Morgan fingerprint density at radius 1 is 1.16 bits per heavy atom. The summed E-state index contributed by atoms with van der Waals surface area (Å²) in [4.78, 5) is 13.0. The summed E-state index contributed by atoms with van der Waals surface area (Å²) >= 11 is 0. The number of aromatic nitrogens is 1. The van der Waals surface area contributed by atoms with Gasteiger partial charge >= 0.3 is 0 Å². The second-order valence-corrected chi connectivity index (χ2v) is 5.88. The molecule has 0 unspecified atom stereocenters. The van der Waals surface area contributed by atoms with Crippen molar-refractivity contribution in [2.45, 2.75) is 19.4 Å². The minimum absolute atomic E-state index is 0.156. The number of ether oxygens (including phenoxy) is 4. The van der Waals surface area contributed by atoms with Crippen LogP contribution in [0.1, 0.15) is 12.5 Å². The van der Waals surface area contributed by atoms with Crippen molar-refractivity contribution in [3.8, 4) is 17.2 Å². The molecule has 0 aliphatic heterocycles. The van der Waals surface area contributed by atoms with Crippen molar-refractivity contribution < 1.29 is 18.9 Å². The minimum atomic E-state index is -0.272. The maximum absolute atomic E-state index is 13.0. The summed E-state index contributed by atoms with van der Waals surface area (Å²) < 4.78 is 23.4. The average molecular weight is 347 g/mol. The molecule has 136 valence electrons. The first kappa shape index (κ1) is 18.9. The van der Waals surface area contributed by atoms with Crippen LogP contribution < -0.4 is 19.8 Å². The van der Waals surface area contributed by atoms with E-state index in [4.69, 9.17) is 18.9 Å². The van der Waals surface area contributed by atoms with E-state index >= 15 is 0 Å². The fraction of sp³-hybridized carbons (Fsp3) is 0.421. The zero-order valence-electron chi connectivity index (χ0n) is 15.6. The summed E-state index contributed by atoms with van der Waals surface area (Å²) in [6.45, 7) is 5.81. The third-order valence-electron chi connectivity index (χ3n) is 4.35. The normalized spacial score (nSPS) is 12.1. The summed E-state index contributed by atoms with van der Waals surface area (Å²) in [5, 5.41) is 0.743. The van der Waals surface area contributed by atoms with Gasteiger partial charge in [0.05, 0.1) is 38.5 Å². The fourth-order valence-corrected chi connectivity index (χ4v) is 3.00. The van der Waals surface area contributed by atoms with Gasteiger partial charge in [0.1, 0.15) is 17.2 Å². The highest BCUT2D eigenvalue weighted by Crippen LogP contribution is 2.37. The van der Waals surface area contributed by atoms with Gasteiger partial charge in [-0.1, -0.05) is 12.2 Å². The highest BCUT2D eigenvalue weighted by molar-refractivity contribution is 5.92. The van der Waals surface area contributed by atoms with E-state index in [1.807, 2.05) is 13.0 Å². The van der Waals surface area contributed by atoms with E-state index in [-0.39, 0.29) is 11.7 Å². The SMILES string of the molecule is C=C(C)[C@H](Cc1c(OC)c2cc(OC)cc(OC)c2n(C)c1=O)OC. The molecule has 1 heterocycles. The van der Waals surface area contributed by atoms with E-state index in [0.29, 0.717) is 34.7 Å². The Hall–Kier alpha value is -2.47. The number of nitrogens with zero attached hydrogens (tertiary/aromatic N) is 1. The van der Waals surface area contributed by atoms with Gasteiger partial charge in [-0.25, -0.2) is 0 Å². The maximum atomic E-state index is 13.0. The van der Waals surface area contributed by atoms with Crippen molar-refractivity contribution in [1.82, 2.24) is 4.57 Å². The summed E-state index contributed by atoms with van der Waals surface area (Å²) in [6, 6.07) is 3.58. The van der Waals surface area contributed by atoms with Gasteiger partial charge in [0.2, 0.25) is 0 Å². The molecule has 1 atom stereocenters. The van der Waals surface area contributed by atoms with Gasteiger partial charge in [0, 0.05) is 32.0 Å². The lowest BCUT2D eigenvalue weighted by molar-refractivity contribution is 0.131. The molecular weight excluding hydrogens is 322 g/mol. The fourth-order valence-electron chi connectivity index (χ4n) is 3.00. The molecule has 25 heavy (non-hydrogen) atoms. The predicted molar refractivity (Wildman–Crippen MR) is 98.2 cm³/mol. The van der Waals surface area contributed by atoms with Crippen LogP contribution in [0.25, 0.3) is 10.9 Å². The Morgan fingerprint density at radius 3 is 2.32 bits per heavy atom. The highest BCUT2D eigenvalue weighted by Gasteiger charge is 2.23. The molecule has 0 saturated carbocycles. The summed E-state index contributed by atoms with van der Waals surface area (Å²) in [5.74, 6) is 1.66. The van der Waals surface area contributed by atoms with Crippen LogP contribution in [0.15, 0.2) is 29.1 Å². The lowest BCUT2D eigenvalue weighted by Crippen LogP contribution is -2.27. The van der Waals surface area contributed by atoms with Gasteiger partial charge in [0.25, 0.3) is 5.56 Å². The van der Waals surface area contributed by atoms with Crippen LogP contribution in [0.5, 0.6) is 17.2 Å². The van der Waals surface area contributed by atoms with Crippen LogP contribution >= 0.6 is 0 Å². The van der Waals surface area contributed by atoms with E-state index in [2.05, 4.69) is 6.58 Å². The molecule has 0 saturated heterocycles. The third-order valence-corrected chi connectivity index (χ3v) is 4.35. The van der Waals surface area contributed by atoms with Gasteiger partial charge in [-0.05, 0) is 13.0 Å². The Balaban J connectivity index is 2.86. The van der Waals surface area contributed by atoms with E-state index in [1.54, 1.807) is 46.1 Å². The van der Waals surface area contributed by atoms with E-state index in [1.165, 1.54) is 0 Å². The van der Waals surface area contributed by atoms with Crippen LogP contribution in [0, 0.1) is 0 Å². The molecule has 0 bridgehead atoms. The van der Waals surface area contributed by atoms with Crippen LogP contribution in [-0.2, 0) is 18.2 Å². The minimum Gasteiger partial charge on any atom is -0.497 e. The van der Waals surface area contributed by atoms with Crippen molar-refractivity contribution in [2.24, 2.45) is 7.05 Å². The second-order valence-electron chi connectivity index (χ2n) is 5.88. The number of rotatable bonds is 7. The Morgan fingerprint density at radius 2 is 1.84 bits per heavy atom. The van der Waals surface area contributed by atoms with Gasteiger partial charge in [-0.3, -0.25) is 4.79 Å². The monoisotopic (exact) mass is 347 g/mol. The van der Waals surface area contributed by atoms with Crippen LogP contribution in [-0.4, -0.2) is 39.1 Å². The second kappa shape index (κ2) is 7.61. The molecule has 0 aliphatic rings. The molecule has 2 rings (SSSR count). The topological polar surface area (TPSA) is 58.9 Å².